The molecule has 1 aromatic carbocycles. The summed E-state index contributed by atoms with van der Waals surface area (Å²) < 4.78 is 0. The molecule has 0 aliphatic carbocycles. The first-order valence-electron chi connectivity index (χ1n) is 9.73. The van der Waals surface area contributed by atoms with E-state index < -0.39 is 6.04 Å². The standard InChI is InChI=1S/C21H24N4O3S/c1-21(2,3)16-12-29-20(22-16)23-17(26)11-25-14-8-5-4-7-13(14)18(27)24-10-6-9-15(24)19(25)28/h4-5,7-8,12,15H,6,9-11H2,1-3H3,(H,22,23,26)/t15-/m0/s1. The average Bonchev–Trinajstić information content (AvgIpc) is 3.33. The van der Waals surface area contributed by atoms with Crippen molar-refractivity contribution in [2.45, 2.75) is 45.1 Å². The molecule has 1 fully saturated rings. The van der Waals surface area contributed by atoms with Gasteiger partial charge in [0.1, 0.15) is 12.6 Å². The van der Waals surface area contributed by atoms with Crippen LogP contribution in [0.4, 0.5) is 10.8 Å². The highest BCUT2D eigenvalue weighted by molar-refractivity contribution is 7.14. The van der Waals surface area contributed by atoms with Crippen LogP contribution in [0, 0.1) is 0 Å². The second-order valence-corrected chi connectivity index (χ2v) is 9.29. The van der Waals surface area contributed by atoms with Gasteiger partial charge in [-0.15, -0.1) is 11.3 Å². The van der Waals surface area contributed by atoms with Gasteiger partial charge in [-0.1, -0.05) is 32.9 Å². The van der Waals surface area contributed by atoms with Gasteiger partial charge in [-0.25, -0.2) is 4.98 Å². The Balaban J connectivity index is 1.59. The van der Waals surface area contributed by atoms with Gasteiger partial charge in [0.05, 0.1) is 16.9 Å². The molecule has 4 rings (SSSR count). The fraction of sp³-hybridized carbons (Fsp3) is 0.429. The lowest BCUT2D eigenvalue weighted by molar-refractivity contribution is -0.124. The number of nitrogens with one attached hydrogen (secondary N) is 1. The second-order valence-electron chi connectivity index (χ2n) is 8.43. The zero-order chi connectivity index (χ0) is 20.8. The number of carbonyl (C=O) groups is 3. The predicted octanol–water partition coefficient (Wildman–Crippen LogP) is 3.03. The Morgan fingerprint density at radius 1 is 1.28 bits per heavy atom. The molecule has 0 unspecified atom stereocenters. The van der Waals surface area contributed by atoms with E-state index in [4.69, 9.17) is 0 Å². The fourth-order valence-electron chi connectivity index (χ4n) is 3.75. The van der Waals surface area contributed by atoms with Crippen molar-refractivity contribution >= 4 is 39.9 Å². The number of amides is 3. The molecule has 29 heavy (non-hydrogen) atoms. The summed E-state index contributed by atoms with van der Waals surface area (Å²) in [6.45, 7) is 6.59. The van der Waals surface area contributed by atoms with Gasteiger partial charge in [0.2, 0.25) is 11.8 Å². The normalized spacial score (nSPS) is 19.1. The Labute approximate surface area is 173 Å². The van der Waals surface area contributed by atoms with E-state index >= 15 is 0 Å². The van der Waals surface area contributed by atoms with Gasteiger partial charge in [0.25, 0.3) is 5.91 Å². The molecule has 0 radical (unpaired) electrons. The molecule has 1 saturated heterocycles. The summed E-state index contributed by atoms with van der Waals surface area (Å²) in [5.74, 6) is -0.679. The van der Waals surface area contributed by atoms with E-state index in [-0.39, 0.29) is 29.7 Å². The summed E-state index contributed by atoms with van der Waals surface area (Å²) in [7, 11) is 0. The average molecular weight is 413 g/mol. The van der Waals surface area contributed by atoms with Gasteiger partial charge >= 0.3 is 0 Å². The highest BCUT2D eigenvalue weighted by Crippen LogP contribution is 2.32. The molecule has 8 heteroatoms. The van der Waals surface area contributed by atoms with Crippen LogP contribution in [0.1, 0.15) is 49.7 Å². The third kappa shape index (κ3) is 3.64. The van der Waals surface area contributed by atoms with Crippen molar-refractivity contribution in [3.8, 4) is 0 Å². The van der Waals surface area contributed by atoms with Crippen LogP contribution in [0.3, 0.4) is 0 Å². The molecule has 1 atom stereocenters. The molecule has 3 amide bonds. The third-order valence-corrected chi connectivity index (χ3v) is 6.07. The number of anilines is 2. The van der Waals surface area contributed by atoms with Gasteiger partial charge in [-0.2, -0.15) is 0 Å². The maximum atomic E-state index is 13.2. The Morgan fingerprint density at radius 3 is 2.76 bits per heavy atom. The fourth-order valence-corrected chi connectivity index (χ4v) is 4.70. The van der Waals surface area contributed by atoms with E-state index in [1.165, 1.54) is 16.2 Å². The number of para-hydroxylation sites is 1. The molecule has 152 valence electrons. The van der Waals surface area contributed by atoms with Crippen LogP contribution < -0.4 is 10.2 Å². The zero-order valence-corrected chi connectivity index (χ0v) is 17.6. The second kappa shape index (κ2) is 7.26. The first kappa shape index (κ1) is 19.6. The highest BCUT2D eigenvalue weighted by atomic mass is 32.1. The molecule has 0 bridgehead atoms. The Hall–Kier alpha value is -2.74. The topological polar surface area (TPSA) is 82.6 Å². The van der Waals surface area contributed by atoms with E-state index in [9.17, 15) is 14.4 Å². The molecule has 1 aromatic heterocycles. The number of aromatic nitrogens is 1. The van der Waals surface area contributed by atoms with E-state index in [1.54, 1.807) is 29.2 Å². The van der Waals surface area contributed by atoms with Crippen molar-refractivity contribution in [1.29, 1.82) is 0 Å². The molecule has 7 nitrogen and oxygen atoms in total. The Bertz CT molecular complexity index is 978. The van der Waals surface area contributed by atoms with Crippen LogP contribution in [-0.4, -0.2) is 46.7 Å². The molecule has 2 aromatic rings. The minimum atomic E-state index is -0.505. The van der Waals surface area contributed by atoms with Crippen molar-refractivity contribution in [3.63, 3.8) is 0 Å². The number of carbonyl (C=O) groups excluding carboxylic acids is 3. The van der Waals surface area contributed by atoms with E-state index in [0.29, 0.717) is 29.3 Å². The third-order valence-electron chi connectivity index (χ3n) is 5.31. The maximum absolute atomic E-state index is 13.2. The van der Waals surface area contributed by atoms with Crippen LogP contribution in [0.25, 0.3) is 0 Å². The Kier molecular flexibility index (Phi) is 4.90. The molecule has 0 saturated carbocycles. The lowest BCUT2D eigenvalue weighted by Gasteiger charge is -2.25. The summed E-state index contributed by atoms with van der Waals surface area (Å²) in [4.78, 5) is 46.4. The van der Waals surface area contributed by atoms with Crippen LogP contribution >= 0.6 is 11.3 Å². The smallest absolute Gasteiger partial charge is 0.256 e. The molecule has 2 aliphatic rings. The van der Waals surface area contributed by atoms with E-state index in [2.05, 4.69) is 31.1 Å². The lowest BCUT2D eigenvalue weighted by Crippen LogP contribution is -2.47. The highest BCUT2D eigenvalue weighted by Gasteiger charge is 2.42. The minimum absolute atomic E-state index is 0.106. The van der Waals surface area contributed by atoms with Gasteiger partial charge in [0, 0.05) is 17.3 Å². The van der Waals surface area contributed by atoms with Gasteiger partial charge in [-0.3, -0.25) is 14.4 Å². The summed E-state index contributed by atoms with van der Waals surface area (Å²) in [5.41, 5.74) is 1.75. The number of benzene rings is 1. The summed E-state index contributed by atoms with van der Waals surface area (Å²) in [6, 6.07) is 6.49. The maximum Gasteiger partial charge on any atom is 0.256 e. The number of thiazole rings is 1. The zero-order valence-electron chi connectivity index (χ0n) is 16.8. The molecule has 1 N–H and O–H groups in total. The van der Waals surface area contributed by atoms with E-state index in [1.807, 2.05) is 5.38 Å². The predicted molar refractivity (Wildman–Crippen MR) is 112 cm³/mol. The monoisotopic (exact) mass is 412 g/mol. The Morgan fingerprint density at radius 2 is 2.03 bits per heavy atom. The quantitative estimate of drug-likeness (QED) is 0.840. The number of hydrogen-bond acceptors (Lipinski definition) is 5. The molecule has 2 aliphatic heterocycles. The molecular formula is C21H24N4O3S. The molecule has 3 heterocycles. The first-order chi connectivity index (χ1) is 13.8. The van der Waals surface area contributed by atoms with Crippen molar-refractivity contribution in [2.75, 3.05) is 23.3 Å². The van der Waals surface area contributed by atoms with Gasteiger partial charge < -0.3 is 15.1 Å². The van der Waals surface area contributed by atoms with Crippen molar-refractivity contribution in [1.82, 2.24) is 9.88 Å². The summed E-state index contributed by atoms with van der Waals surface area (Å²) in [6.07, 6.45) is 1.41. The van der Waals surface area contributed by atoms with Crippen LogP contribution in [0.2, 0.25) is 0 Å². The summed E-state index contributed by atoms with van der Waals surface area (Å²) >= 11 is 1.36. The van der Waals surface area contributed by atoms with Crippen molar-refractivity contribution in [2.24, 2.45) is 0 Å². The first-order valence-corrected chi connectivity index (χ1v) is 10.6. The van der Waals surface area contributed by atoms with Crippen LogP contribution in [0.15, 0.2) is 29.6 Å². The van der Waals surface area contributed by atoms with Crippen LogP contribution in [-0.2, 0) is 15.0 Å². The number of hydrogen-bond donors (Lipinski definition) is 1. The molecule has 0 spiro atoms. The molecular weight excluding hydrogens is 388 g/mol. The van der Waals surface area contributed by atoms with Gasteiger partial charge in [-0.05, 0) is 25.0 Å². The van der Waals surface area contributed by atoms with E-state index in [0.717, 1.165) is 12.1 Å². The van der Waals surface area contributed by atoms with Crippen LogP contribution in [0.5, 0.6) is 0 Å². The number of nitrogens with zero attached hydrogens (tertiary/aromatic N) is 3. The number of rotatable bonds is 3. The van der Waals surface area contributed by atoms with Gasteiger partial charge in [0.15, 0.2) is 5.13 Å². The van der Waals surface area contributed by atoms with Crippen molar-refractivity contribution in [3.05, 3.63) is 40.9 Å². The minimum Gasteiger partial charge on any atom is -0.327 e. The SMILES string of the molecule is CC(C)(C)c1csc(NC(=O)CN2C(=O)[C@@H]3CCCN3C(=O)c3ccccc32)n1. The lowest BCUT2D eigenvalue weighted by atomic mass is 9.93. The van der Waals surface area contributed by atoms with Crippen molar-refractivity contribution < 1.29 is 14.4 Å². The number of fused-ring (bicyclic) bond motifs is 2. The summed E-state index contributed by atoms with van der Waals surface area (Å²) in [5, 5.41) is 5.24. The largest absolute Gasteiger partial charge is 0.327 e.